The van der Waals surface area contributed by atoms with E-state index in [1.807, 2.05) is 18.2 Å². The Balaban J connectivity index is 2.16. The lowest BCUT2D eigenvalue weighted by atomic mass is 10.1. The van der Waals surface area contributed by atoms with E-state index in [9.17, 15) is 9.59 Å². The molecule has 90 valence electrons. The molecule has 1 atom stereocenters. The van der Waals surface area contributed by atoms with Crippen LogP contribution in [0.1, 0.15) is 11.6 Å². The third-order valence-electron chi connectivity index (χ3n) is 2.59. The first-order valence-corrected chi connectivity index (χ1v) is 5.95. The summed E-state index contributed by atoms with van der Waals surface area (Å²) < 4.78 is 0.902. The molecule has 2 rings (SSSR count). The van der Waals surface area contributed by atoms with Crippen molar-refractivity contribution < 1.29 is 9.59 Å². The highest BCUT2D eigenvalue weighted by molar-refractivity contribution is 9.10. The van der Waals surface area contributed by atoms with E-state index in [1.54, 1.807) is 7.05 Å². The molecule has 1 aliphatic heterocycles. The first-order valence-electron chi connectivity index (χ1n) is 5.16. The normalized spacial score (nSPS) is 17.5. The van der Waals surface area contributed by atoms with E-state index in [1.165, 1.54) is 0 Å². The minimum Gasteiger partial charge on any atom is -0.358 e. The highest BCUT2D eigenvalue weighted by atomic mass is 79.9. The van der Waals surface area contributed by atoms with Crippen molar-refractivity contribution in [2.45, 2.75) is 6.04 Å². The van der Waals surface area contributed by atoms with Crippen LogP contribution < -0.4 is 16.0 Å². The lowest BCUT2D eigenvalue weighted by Gasteiger charge is -2.10. The van der Waals surface area contributed by atoms with Gasteiger partial charge in [0.05, 0.1) is 6.54 Å². The van der Waals surface area contributed by atoms with Crippen molar-refractivity contribution >= 4 is 33.4 Å². The summed E-state index contributed by atoms with van der Waals surface area (Å²) in [7, 11) is 1.56. The molecule has 2 amide bonds. The van der Waals surface area contributed by atoms with Gasteiger partial charge in [-0.15, -0.1) is 0 Å². The average molecular weight is 298 g/mol. The molecule has 1 unspecified atom stereocenters. The summed E-state index contributed by atoms with van der Waals surface area (Å²) in [6.07, 6.45) is 0. The van der Waals surface area contributed by atoms with E-state index in [0.717, 1.165) is 15.7 Å². The Kier molecular flexibility index (Phi) is 3.44. The number of hydrogen-bond donors (Lipinski definition) is 3. The van der Waals surface area contributed by atoms with E-state index in [2.05, 4.69) is 31.9 Å². The molecule has 0 saturated carbocycles. The van der Waals surface area contributed by atoms with Crippen LogP contribution in [-0.4, -0.2) is 25.4 Å². The highest BCUT2D eigenvalue weighted by Crippen LogP contribution is 2.32. The number of anilines is 1. The topological polar surface area (TPSA) is 70.2 Å². The Labute approximate surface area is 107 Å². The van der Waals surface area contributed by atoms with Crippen LogP contribution in [0.5, 0.6) is 0 Å². The van der Waals surface area contributed by atoms with E-state index in [4.69, 9.17) is 0 Å². The molecule has 0 aromatic heterocycles. The van der Waals surface area contributed by atoms with Gasteiger partial charge in [-0.25, -0.2) is 0 Å². The van der Waals surface area contributed by atoms with Crippen LogP contribution in [0.25, 0.3) is 0 Å². The third kappa shape index (κ3) is 2.48. The molecule has 0 bridgehead atoms. The zero-order chi connectivity index (χ0) is 12.4. The second-order valence-electron chi connectivity index (χ2n) is 3.71. The van der Waals surface area contributed by atoms with Crippen molar-refractivity contribution in [2.75, 3.05) is 18.9 Å². The van der Waals surface area contributed by atoms with Gasteiger partial charge in [-0.05, 0) is 18.2 Å². The van der Waals surface area contributed by atoms with Crippen LogP contribution in [0.4, 0.5) is 5.69 Å². The van der Waals surface area contributed by atoms with Gasteiger partial charge in [0, 0.05) is 22.8 Å². The van der Waals surface area contributed by atoms with Crippen LogP contribution in [0, 0.1) is 0 Å². The van der Waals surface area contributed by atoms with Gasteiger partial charge in [0.25, 0.3) is 0 Å². The summed E-state index contributed by atoms with van der Waals surface area (Å²) in [5, 5.41) is 8.18. The van der Waals surface area contributed by atoms with E-state index in [-0.39, 0.29) is 18.4 Å². The monoisotopic (exact) mass is 297 g/mol. The number of benzene rings is 1. The fourth-order valence-electron chi connectivity index (χ4n) is 1.72. The Morgan fingerprint density at radius 2 is 2.29 bits per heavy atom. The molecule has 1 aliphatic rings. The number of likely N-dealkylation sites (N-methyl/N-ethyl adjacent to an activating group) is 1. The van der Waals surface area contributed by atoms with Crippen molar-refractivity contribution in [3.05, 3.63) is 28.2 Å². The van der Waals surface area contributed by atoms with Gasteiger partial charge in [0.2, 0.25) is 11.8 Å². The maximum atomic E-state index is 11.7. The maximum Gasteiger partial charge on any atom is 0.246 e. The molecule has 17 heavy (non-hydrogen) atoms. The van der Waals surface area contributed by atoms with Crippen molar-refractivity contribution in [3.63, 3.8) is 0 Å². The molecule has 0 fully saturated rings. The number of fused-ring (bicyclic) bond motifs is 1. The summed E-state index contributed by atoms with van der Waals surface area (Å²) in [5.41, 5.74) is 1.64. The molecular weight excluding hydrogens is 286 g/mol. The summed E-state index contributed by atoms with van der Waals surface area (Å²) in [6, 6.07) is 5.09. The number of halogens is 1. The Morgan fingerprint density at radius 1 is 1.53 bits per heavy atom. The molecule has 5 nitrogen and oxygen atoms in total. The smallest absolute Gasteiger partial charge is 0.246 e. The summed E-state index contributed by atoms with van der Waals surface area (Å²) in [4.78, 5) is 22.9. The second-order valence-corrected chi connectivity index (χ2v) is 4.62. The summed E-state index contributed by atoms with van der Waals surface area (Å²) in [5.74, 6) is -0.289. The molecule has 0 radical (unpaired) electrons. The van der Waals surface area contributed by atoms with Crippen LogP contribution in [-0.2, 0) is 9.59 Å². The van der Waals surface area contributed by atoms with Crippen molar-refractivity contribution in [2.24, 2.45) is 0 Å². The SMILES string of the molecule is CNC(=O)CNC1C(=O)Nc2ccc(Br)cc21. The molecule has 0 spiro atoms. The van der Waals surface area contributed by atoms with Crippen LogP contribution in [0.3, 0.4) is 0 Å². The minimum absolute atomic E-state index is 0.112. The minimum atomic E-state index is -0.472. The third-order valence-corrected chi connectivity index (χ3v) is 3.08. The van der Waals surface area contributed by atoms with E-state index in [0.29, 0.717) is 0 Å². The molecule has 6 heteroatoms. The average Bonchev–Trinajstić information content (AvgIpc) is 2.61. The first kappa shape index (κ1) is 12.1. The molecule has 1 heterocycles. The number of carbonyl (C=O) groups is 2. The first-order chi connectivity index (χ1) is 8.11. The Morgan fingerprint density at radius 3 is 3.00 bits per heavy atom. The predicted molar refractivity (Wildman–Crippen MR) is 67.6 cm³/mol. The molecule has 0 aliphatic carbocycles. The standard InChI is InChI=1S/C11H12BrN3O2/c1-13-9(16)5-14-10-7-4-6(12)2-3-8(7)15-11(10)17/h2-4,10,14H,5H2,1H3,(H,13,16)(H,15,17). The zero-order valence-electron chi connectivity index (χ0n) is 9.21. The van der Waals surface area contributed by atoms with Crippen LogP contribution in [0.2, 0.25) is 0 Å². The van der Waals surface area contributed by atoms with Gasteiger partial charge in [0.15, 0.2) is 0 Å². The number of carbonyl (C=O) groups excluding carboxylic acids is 2. The zero-order valence-corrected chi connectivity index (χ0v) is 10.8. The maximum absolute atomic E-state index is 11.7. The largest absolute Gasteiger partial charge is 0.358 e. The van der Waals surface area contributed by atoms with Crippen molar-refractivity contribution in [3.8, 4) is 0 Å². The highest BCUT2D eigenvalue weighted by Gasteiger charge is 2.30. The van der Waals surface area contributed by atoms with E-state index >= 15 is 0 Å². The lowest BCUT2D eigenvalue weighted by molar-refractivity contribution is -0.120. The Bertz CT molecular complexity index is 476. The number of rotatable bonds is 3. The number of hydrogen-bond acceptors (Lipinski definition) is 3. The van der Waals surface area contributed by atoms with E-state index < -0.39 is 6.04 Å². The van der Waals surface area contributed by atoms with Crippen LogP contribution >= 0.6 is 15.9 Å². The number of amides is 2. The Hall–Kier alpha value is -1.40. The predicted octanol–water partition coefficient (Wildman–Crippen LogP) is 0.778. The van der Waals surface area contributed by atoms with Gasteiger partial charge in [0.1, 0.15) is 6.04 Å². The number of nitrogens with one attached hydrogen (secondary N) is 3. The van der Waals surface area contributed by atoms with Crippen molar-refractivity contribution in [1.82, 2.24) is 10.6 Å². The summed E-state index contributed by atoms with van der Waals surface area (Å²) >= 11 is 3.36. The van der Waals surface area contributed by atoms with Crippen molar-refractivity contribution in [1.29, 1.82) is 0 Å². The fraction of sp³-hybridized carbons (Fsp3) is 0.273. The van der Waals surface area contributed by atoms with Gasteiger partial charge in [-0.3, -0.25) is 14.9 Å². The lowest BCUT2D eigenvalue weighted by Crippen LogP contribution is -2.36. The fourth-order valence-corrected chi connectivity index (χ4v) is 2.10. The quantitative estimate of drug-likeness (QED) is 0.772. The molecule has 1 aromatic carbocycles. The van der Waals surface area contributed by atoms with Gasteiger partial charge in [-0.2, -0.15) is 0 Å². The summed E-state index contributed by atoms with van der Waals surface area (Å²) in [6.45, 7) is 0.112. The molecular formula is C11H12BrN3O2. The van der Waals surface area contributed by atoms with Gasteiger partial charge < -0.3 is 10.6 Å². The molecule has 0 saturated heterocycles. The second kappa shape index (κ2) is 4.85. The molecule has 3 N–H and O–H groups in total. The van der Waals surface area contributed by atoms with Gasteiger partial charge >= 0.3 is 0 Å². The van der Waals surface area contributed by atoms with Gasteiger partial charge in [-0.1, -0.05) is 15.9 Å². The molecule has 1 aromatic rings. The van der Waals surface area contributed by atoms with Crippen LogP contribution in [0.15, 0.2) is 22.7 Å².